The van der Waals surface area contributed by atoms with E-state index in [1.165, 1.54) is 0 Å². The summed E-state index contributed by atoms with van der Waals surface area (Å²) in [7, 11) is 1.71. The second-order valence-electron chi connectivity index (χ2n) is 5.48. The SMILES string of the molecule is CCN(CCC(=O)c1cc(C)cc(C)c1)C(C)COC. The lowest BCUT2D eigenvalue weighted by atomic mass is 10.0. The zero-order valence-electron chi connectivity index (χ0n) is 13.4. The fourth-order valence-corrected chi connectivity index (χ4v) is 2.56. The van der Waals surface area contributed by atoms with E-state index >= 15 is 0 Å². The van der Waals surface area contributed by atoms with Gasteiger partial charge in [-0.1, -0.05) is 24.1 Å². The smallest absolute Gasteiger partial charge is 0.164 e. The van der Waals surface area contributed by atoms with Crippen molar-refractivity contribution < 1.29 is 9.53 Å². The number of ketones is 1. The van der Waals surface area contributed by atoms with E-state index in [0.29, 0.717) is 19.1 Å². The molecule has 3 heteroatoms. The van der Waals surface area contributed by atoms with Crippen LogP contribution in [0.3, 0.4) is 0 Å². The van der Waals surface area contributed by atoms with Gasteiger partial charge in [0, 0.05) is 31.7 Å². The van der Waals surface area contributed by atoms with Crippen molar-refractivity contribution in [3.8, 4) is 0 Å². The molecule has 1 aromatic carbocycles. The Balaban J connectivity index is 2.61. The minimum Gasteiger partial charge on any atom is -0.383 e. The van der Waals surface area contributed by atoms with Gasteiger partial charge in [0.2, 0.25) is 0 Å². The van der Waals surface area contributed by atoms with Gasteiger partial charge in [-0.05, 0) is 39.4 Å². The molecule has 1 rings (SSSR count). The average Bonchev–Trinajstić information content (AvgIpc) is 2.38. The fourth-order valence-electron chi connectivity index (χ4n) is 2.56. The van der Waals surface area contributed by atoms with Gasteiger partial charge in [0.15, 0.2) is 5.78 Å². The number of aryl methyl sites for hydroxylation is 2. The molecule has 0 aliphatic heterocycles. The van der Waals surface area contributed by atoms with Crippen molar-refractivity contribution in [3.63, 3.8) is 0 Å². The lowest BCUT2D eigenvalue weighted by Crippen LogP contribution is -2.37. The maximum Gasteiger partial charge on any atom is 0.164 e. The minimum atomic E-state index is 0.222. The zero-order chi connectivity index (χ0) is 15.1. The summed E-state index contributed by atoms with van der Waals surface area (Å²) >= 11 is 0. The molecule has 0 amide bonds. The summed E-state index contributed by atoms with van der Waals surface area (Å²) < 4.78 is 5.18. The third-order valence-corrected chi connectivity index (χ3v) is 3.61. The molecule has 0 spiro atoms. The number of carbonyl (C=O) groups is 1. The molecular weight excluding hydrogens is 250 g/mol. The number of hydrogen-bond donors (Lipinski definition) is 0. The molecule has 0 saturated heterocycles. The molecule has 0 N–H and O–H groups in total. The van der Waals surface area contributed by atoms with E-state index in [1.54, 1.807) is 7.11 Å². The fraction of sp³-hybridized carbons (Fsp3) is 0.588. The van der Waals surface area contributed by atoms with Crippen LogP contribution in [-0.2, 0) is 4.74 Å². The van der Waals surface area contributed by atoms with Gasteiger partial charge in [-0.15, -0.1) is 0 Å². The highest BCUT2D eigenvalue weighted by atomic mass is 16.5. The van der Waals surface area contributed by atoms with Gasteiger partial charge < -0.3 is 4.74 Å². The van der Waals surface area contributed by atoms with Crippen LogP contribution in [0.4, 0.5) is 0 Å². The first kappa shape index (κ1) is 16.9. The number of rotatable bonds is 8. The molecule has 3 nitrogen and oxygen atoms in total. The van der Waals surface area contributed by atoms with E-state index in [-0.39, 0.29) is 5.78 Å². The molecule has 0 heterocycles. The third kappa shape index (κ3) is 5.06. The van der Waals surface area contributed by atoms with Gasteiger partial charge >= 0.3 is 0 Å². The lowest BCUT2D eigenvalue weighted by molar-refractivity contribution is 0.0873. The van der Waals surface area contributed by atoms with Crippen LogP contribution in [0, 0.1) is 13.8 Å². The first-order valence-electron chi connectivity index (χ1n) is 7.32. The van der Waals surface area contributed by atoms with E-state index in [1.807, 2.05) is 26.0 Å². The Morgan fingerprint density at radius 3 is 2.35 bits per heavy atom. The Kier molecular flexibility index (Phi) is 6.89. The molecule has 0 radical (unpaired) electrons. The van der Waals surface area contributed by atoms with Gasteiger partial charge in [-0.3, -0.25) is 9.69 Å². The molecule has 0 fully saturated rings. The van der Waals surface area contributed by atoms with Gasteiger partial charge in [-0.2, -0.15) is 0 Å². The summed E-state index contributed by atoms with van der Waals surface area (Å²) in [5, 5.41) is 0. The van der Waals surface area contributed by atoms with E-state index in [0.717, 1.165) is 29.8 Å². The number of benzene rings is 1. The monoisotopic (exact) mass is 277 g/mol. The predicted octanol–water partition coefficient (Wildman–Crippen LogP) is 3.23. The van der Waals surface area contributed by atoms with Crippen molar-refractivity contribution in [2.45, 2.75) is 40.2 Å². The average molecular weight is 277 g/mol. The Bertz CT molecular complexity index is 422. The zero-order valence-corrected chi connectivity index (χ0v) is 13.4. The predicted molar refractivity (Wildman–Crippen MR) is 83.4 cm³/mol. The maximum atomic E-state index is 12.3. The minimum absolute atomic E-state index is 0.222. The highest BCUT2D eigenvalue weighted by molar-refractivity contribution is 5.96. The Morgan fingerprint density at radius 2 is 1.85 bits per heavy atom. The van der Waals surface area contributed by atoms with Crippen LogP contribution < -0.4 is 0 Å². The van der Waals surface area contributed by atoms with Crippen LogP contribution in [0.15, 0.2) is 18.2 Å². The summed E-state index contributed by atoms with van der Waals surface area (Å²) in [4.78, 5) is 14.6. The van der Waals surface area contributed by atoms with Gasteiger partial charge in [-0.25, -0.2) is 0 Å². The second-order valence-corrected chi connectivity index (χ2v) is 5.48. The van der Waals surface area contributed by atoms with E-state index in [4.69, 9.17) is 4.74 Å². The molecule has 0 bridgehead atoms. The molecule has 20 heavy (non-hydrogen) atoms. The van der Waals surface area contributed by atoms with E-state index in [9.17, 15) is 4.79 Å². The number of nitrogens with zero attached hydrogens (tertiary/aromatic N) is 1. The summed E-state index contributed by atoms with van der Waals surface area (Å²) in [6.07, 6.45) is 0.560. The molecule has 1 aromatic rings. The quantitative estimate of drug-likeness (QED) is 0.683. The lowest BCUT2D eigenvalue weighted by Gasteiger charge is -2.26. The largest absolute Gasteiger partial charge is 0.383 e. The molecule has 0 aliphatic rings. The normalized spacial score (nSPS) is 12.7. The van der Waals surface area contributed by atoms with Gasteiger partial charge in [0.1, 0.15) is 0 Å². The van der Waals surface area contributed by atoms with E-state index < -0.39 is 0 Å². The van der Waals surface area contributed by atoms with E-state index in [2.05, 4.69) is 24.8 Å². The Labute approximate surface area is 122 Å². The van der Waals surface area contributed by atoms with Crippen LogP contribution in [0.2, 0.25) is 0 Å². The molecule has 1 atom stereocenters. The van der Waals surface area contributed by atoms with Crippen molar-refractivity contribution in [2.24, 2.45) is 0 Å². The summed E-state index contributed by atoms with van der Waals surface area (Å²) in [6, 6.07) is 6.39. The number of ether oxygens (including phenoxy) is 1. The number of Topliss-reactive ketones (excluding diaryl/α,β-unsaturated/α-hetero) is 1. The van der Waals surface area contributed by atoms with Crippen molar-refractivity contribution in [1.29, 1.82) is 0 Å². The highest BCUT2D eigenvalue weighted by Gasteiger charge is 2.14. The van der Waals surface area contributed by atoms with Crippen molar-refractivity contribution in [2.75, 3.05) is 26.8 Å². The van der Waals surface area contributed by atoms with Crippen LogP contribution >= 0.6 is 0 Å². The number of hydrogen-bond acceptors (Lipinski definition) is 3. The van der Waals surface area contributed by atoms with Crippen molar-refractivity contribution in [3.05, 3.63) is 34.9 Å². The van der Waals surface area contributed by atoms with Gasteiger partial charge in [0.05, 0.1) is 6.61 Å². The van der Waals surface area contributed by atoms with Crippen LogP contribution in [-0.4, -0.2) is 43.5 Å². The second kappa shape index (κ2) is 8.18. The first-order valence-corrected chi connectivity index (χ1v) is 7.32. The molecule has 0 aromatic heterocycles. The number of methoxy groups -OCH3 is 1. The molecule has 0 aliphatic carbocycles. The van der Waals surface area contributed by atoms with Crippen LogP contribution in [0.25, 0.3) is 0 Å². The molecular formula is C17H27NO2. The maximum absolute atomic E-state index is 12.3. The van der Waals surface area contributed by atoms with Crippen LogP contribution in [0.1, 0.15) is 41.8 Å². The number of carbonyl (C=O) groups excluding carboxylic acids is 1. The van der Waals surface area contributed by atoms with Crippen molar-refractivity contribution in [1.82, 2.24) is 4.90 Å². The Morgan fingerprint density at radius 1 is 1.25 bits per heavy atom. The van der Waals surface area contributed by atoms with Crippen molar-refractivity contribution >= 4 is 5.78 Å². The first-order chi connectivity index (χ1) is 9.47. The number of likely N-dealkylation sites (N-methyl/N-ethyl adjacent to an activating group) is 1. The highest BCUT2D eigenvalue weighted by Crippen LogP contribution is 2.12. The van der Waals surface area contributed by atoms with Crippen LogP contribution in [0.5, 0.6) is 0 Å². The summed E-state index contributed by atoms with van der Waals surface area (Å²) in [5.41, 5.74) is 3.12. The third-order valence-electron chi connectivity index (χ3n) is 3.61. The molecule has 1 unspecified atom stereocenters. The Hall–Kier alpha value is -1.19. The molecule has 112 valence electrons. The summed E-state index contributed by atoms with van der Waals surface area (Å²) in [6.45, 7) is 10.7. The topological polar surface area (TPSA) is 29.5 Å². The summed E-state index contributed by atoms with van der Waals surface area (Å²) in [5.74, 6) is 0.222. The standard InChI is InChI=1S/C17H27NO2/c1-6-18(15(4)12-20-5)8-7-17(19)16-10-13(2)9-14(3)11-16/h9-11,15H,6-8,12H2,1-5H3. The molecule has 0 saturated carbocycles. The van der Waals surface area contributed by atoms with Gasteiger partial charge in [0.25, 0.3) is 0 Å².